The van der Waals surface area contributed by atoms with Gasteiger partial charge in [-0.15, -0.1) is 0 Å². The predicted molar refractivity (Wildman–Crippen MR) is 103 cm³/mol. The third kappa shape index (κ3) is 4.71. The van der Waals surface area contributed by atoms with E-state index in [0.29, 0.717) is 36.2 Å². The molecule has 0 bridgehead atoms. The topological polar surface area (TPSA) is 72.5 Å². The molecule has 1 atom stereocenters. The zero-order chi connectivity index (χ0) is 18.8. The Hall–Kier alpha value is -0.820. The molecule has 0 aliphatic carbocycles. The van der Waals surface area contributed by atoms with E-state index in [2.05, 4.69) is 5.32 Å². The Labute approximate surface area is 164 Å². The lowest BCUT2D eigenvalue weighted by molar-refractivity contribution is -0.122. The summed E-state index contributed by atoms with van der Waals surface area (Å²) in [5, 5.41) is 4.18. The first-order valence-corrected chi connectivity index (χ1v) is 11.4. The number of halogens is 2. The molecular formula is C18H23Cl2NO4S. The van der Waals surface area contributed by atoms with Gasteiger partial charge in [0.1, 0.15) is 0 Å². The van der Waals surface area contributed by atoms with Crippen LogP contribution in [0.5, 0.6) is 0 Å². The minimum Gasteiger partial charge on any atom is -0.381 e. The number of ether oxygens (including phenoxy) is 1. The first-order valence-electron chi connectivity index (χ1n) is 8.80. The van der Waals surface area contributed by atoms with E-state index in [1.807, 2.05) is 12.1 Å². The zero-order valence-corrected chi connectivity index (χ0v) is 16.8. The van der Waals surface area contributed by atoms with E-state index in [4.69, 9.17) is 27.9 Å². The summed E-state index contributed by atoms with van der Waals surface area (Å²) in [6, 6.07) is 5.46. The van der Waals surface area contributed by atoms with E-state index >= 15 is 0 Å². The smallest absolute Gasteiger partial charge is 0.220 e. The molecule has 2 saturated heterocycles. The van der Waals surface area contributed by atoms with Crippen LogP contribution in [0.25, 0.3) is 0 Å². The lowest BCUT2D eigenvalue weighted by Crippen LogP contribution is -2.45. The van der Waals surface area contributed by atoms with Crippen LogP contribution >= 0.6 is 23.2 Å². The molecule has 144 valence electrons. The molecule has 2 fully saturated rings. The fraction of sp³-hybridized carbons (Fsp3) is 0.611. The lowest BCUT2D eigenvalue weighted by atomic mass is 9.74. The van der Waals surface area contributed by atoms with Gasteiger partial charge in [-0.3, -0.25) is 4.79 Å². The highest BCUT2D eigenvalue weighted by Gasteiger charge is 2.37. The molecule has 5 nitrogen and oxygen atoms in total. The normalized spacial score (nSPS) is 24.3. The van der Waals surface area contributed by atoms with Gasteiger partial charge in [0.15, 0.2) is 9.84 Å². The average molecular weight is 420 g/mol. The molecule has 0 saturated carbocycles. The van der Waals surface area contributed by atoms with Gasteiger partial charge in [-0.25, -0.2) is 8.42 Å². The molecule has 1 aromatic rings. The fourth-order valence-corrected chi connectivity index (χ4v) is 6.33. The number of sulfone groups is 1. The van der Waals surface area contributed by atoms with Gasteiger partial charge in [-0.05, 0) is 42.9 Å². The number of hydrogen-bond acceptors (Lipinski definition) is 4. The van der Waals surface area contributed by atoms with Gasteiger partial charge in [0, 0.05) is 41.6 Å². The van der Waals surface area contributed by atoms with E-state index in [1.165, 1.54) is 0 Å². The molecule has 26 heavy (non-hydrogen) atoms. The van der Waals surface area contributed by atoms with Crippen LogP contribution in [0.3, 0.4) is 0 Å². The molecule has 1 amide bonds. The minimum atomic E-state index is -2.97. The lowest BCUT2D eigenvalue weighted by Gasteiger charge is -2.38. The third-order valence-corrected chi connectivity index (χ3v) is 7.76. The van der Waals surface area contributed by atoms with Crippen LogP contribution in [0, 0.1) is 5.92 Å². The van der Waals surface area contributed by atoms with E-state index in [-0.39, 0.29) is 35.2 Å². The van der Waals surface area contributed by atoms with Crippen LogP contribution in [0.2, 0.25) is 10.0 Å². The quantitative estimate of drug-likeness (QED) is 0.795. The van der Waals surface area contributed by atoms with Crippen molar-refractivity contribution in [2.75, 3.05) is 31.3 Å². The van der Waals surface area contributed by atoms with Gasteiger partial charge in [-0.2, -0.15) is 0 Å². The van der Waals surface area contributed by atoms with Crippen LogP contribution < -0.4 is 5.32 Å². The summed E-state index contributed by atoms with van der Waals surface area (Å²) in [5.41, 5.74) is 0.674. The summed E-state index contributed by atoms with van der Waals surface area (Å²) in [5.74, 6) is 0.113. The standard InChI is InChI=1S/C18H23Cl2NO4S/c19-14-1-2-15(16(20)10-14)18(4-6-25-7-5-18)12-21-17(22)9-13-3-8-26(23,24)11-13/h1-2,10,13H,3-9,11-12H2,(H,21,22). The van der Waals surface area contributed by atoms with Crippen molar-refractivity contribution < 1.29 is 17.9 Å². The molecular weight excluding hydrogens is 397 g/mol. The number of carbonyl (C=O) groups is 1. The minimum absolute atomic E-state index is 0.0789. The number of benzene rings is 1. The van der Waals surface area contributed by atoms with Crippen molar-refractivity contribution in [3.05, 3.63) is 33.8 Å². The Morgan fingerprint density at radius 3 is 2.62 bits per heavy atom. The van der Waals surface area contributed by atoms with E-state index in [9.17, 15) is 13.2 Å². The highest BCUT2D eigenvalue weighted by Crippen LogP contribution is 2.39. The maximum absolute atomic E-state index is 12.4. The second kappa shape index (κ2) is 8.05. The SMILES string of the molecule is O=C(CC1CCS(=O)(=O)C1)NCC1(c2ccc(Cl)cc2Cl)CCOCC1. The highest BCUT2D eigenvalue weighted by molar-refractivity contribution is 7.91. The van der Waals surface area contributed by atoms with E-state index in [1.54, 1.807) is 6.07 Å². The predicted octanol–water partition coefficient (Wildman–Crippen LogP) is 2.98. The van der Waals surface area contributed by atoms with Crippen LogP contribution in [-0.2, 0) is 24.8 Å². The Kier molecular flexibility index (Phi) is 6.17. The van der Waals surface area contributed by atoms with Crippen molar-refractivity contribution >= 4 is 38.9 Å². The van der Waals surface area contributed by atoms with Crippen LogP contribution in [0.1, 0.15) is 31.2 Å². The van der Waals surface area contributed by atoms with Gasteiger partial charge in [0.2, 0.25) is 5.91 Å². The van der Waals surface area contributed by atoms with Crippen molar-refractivity contribution in [1.82, 2.24) is 5.32 Å². The van der Waals surface area contributed by atoms with Gasteiger partial charge in [-0.1, -0.05) is 29.3 Å². The second-order valence-corrected chi connectivity index (χ2v) is 10.3. The maximum Gasteiger partial charge on any atom is 0.220 e. The summed E-state index contributed by atoms with van der Waals surface area (Å²) in [6.45, 7) is 1.67. The summed E-state index contributed by atoms with van der Waals surface area (Å²) in [4.78, 5) is 12.4. The Morgan fingerprint density at radius 1 is 1.27 bits per heavy atom. The van der Waals surface area contributed by atoms with Crippen molar-refractivity contribution in [1.29, 1.82) is 0 Å². The fourth-order valence-electron chi connectivity index (χ4n) is 3.86. The number of carbonyl (C=O) groups excluding carboxylic acids is 1. The molecule has 0 aromatic heterocycles. The third-order valence-electron chi connectivity index (χ3n) is 5.38. The van der Waals surface area contributed by atoms with Crippen molar-refractivity contribution in [2.45, 2.75) is 31.1 Å². The number of rotatable bonds is 5. The van der Waals surface area contributed by atoms with E-state index in [0.717, 1.165) is 18.4 Å². The Bertz CT molecular complexity index is 775. The van der Waals surface area contributed by atoms with Crippen LogP contribution in [0.15, 0.2) is 18.2 Å². The highest BCUT2D eigenvalue weighted by atomic mass is 35.5. The largest absolute Gasteiger partial charge is 0.381 e. The molecule has 1 N–H and O–H groups in total. The van der Waals surface area contributed by atoms with Crippen molar-refractivity contribution in [3.8, 4) is 0 Å². The number of hydrogen-bond donors (Lipinski definition) is 1. The molecule has 1 aromatic carbocycles. The number of amides is 1. The van der Waals surface area contributed by atoms with Crippen molar-refractivity contribution in [3.63, 3.8) is 0 Å². The first-order chi connectivity index (χ1) is 12.3. The van der Waals surface area contributed by atoms with Gasteiger partial charge < -0.3 is 10.1 Å². The average Bonchev–Trinajstić information content (AvgIpc) is 2.92. The van der Waals surface area contributed by atoms with Gasteiger partial charge >= 0.3 is 0 Å². The van der Waals surface area contributed by atoms with E-state index < -0.39 is 9.84 Å². The Balaban J connectivity index is 1.68. The molecule has 0 radical (unpaired) electrons. The molecule has 1 unspecified atom stereocenters. The zero-order valence-electron chi connectivity index (χ0n) is 14.5. The molecule has 2 aliphatic heterocycles. The Morgan fingerprint density at radius 2 is 2.00 bits per heavy atom. The molecule has 8 heteroatoms. The molecule has 3 rings (SSSR count). The van der Waals surface area contributed by atoms with Gasteiger partial charge in [0.05, 0.1) is 11.5 Å². The monoisotopic (exact) mass is 419 g/mol. The summed E-state index contributed by atoms with van der Waals surface area (Å²) < 4.78 is 28.6. The summed E-state index contributed by atoms with van der Waals surface area (Å²) >= 11 is 12.5. The van der Waals surface area contributed by atoms with Crippen LogP contribution in [-0.4, -0.2) is 45.6 Å². The van der Waals surface area contributed by atoms with Crippen LogP contribution in [0.4, 0.5) is 0 Å². The molecule has 2 aliphatic rings. The number of nitrogens with one attached hydrogen (secondary N) is 1. The molecule has 0 spiro atoms. The summed E-state index contributed by atoms with van der Waals surface area (Å²) in [6.07, 6.45) is 2.33. The first kappa shape index (κ1) is 19.9. The second-order valence-electron chi connectivity index (χ2n) is 7.27. The molecule has 2 heterocycles. The van der Waals surface area contributed by atoms with Gasteiger partial charge in [0.25, 0.3) is 0 Å². The summed E-state index contributed by atoms with van der Waals surface area (Å²) in [7, 11) is -2.97. The van der Waals surface area contributed by atoms with Crippen molar-refractivity contribution in [2.24, 2.45) is 5.92 Å². The maximum atomic E-state index is 12.4.